The highest BCUT2D eigenvalue weighted by molar-refractivity contribution is 7.98. The Morgan fingerprint density at radius 3 is 2.35 bits per heavy atom. The van der Waals surface area contributed by atoms with Gasteiger partial charge in [-0.05, 0) is 54.1 Å². The monoisotopic (exact) mass is 452 g/mol. The van der Waals surface area contributed by atoms with Gasteiger partial charge >= 0.3 is 0 Å². The van der Waals surface area contributed by atoms with E-state index in [0.717, 1.165) is 40.9 Å². The Kier molecular flexibility index (Phi) is 7.05. The summed E-state index contributed by atoms with van der Waals surface area (Å²) in [6.07, 6.45) is 0. The van der Waals surface area contributed by atoms with Crippen molar-refractivity contribution in [3.8, 4) is 5.75 Å². The molecule has 1 heterocycles. The van der Waals surface area contributed by atoms with E-state index in [1.54, 1.807) is 18.9 Å². The fourth-order valence-electron chi connectivity index (χ4n) is 3.60. The fourth-order valence-corrected chi connectivity index (χ4v) is 4.58. The molecule has 1 fully saturated rings. The van der Waals surface area contributed by atoms with Gasteiger partial charge in [-0.2, -0.15) is 0 Å². The van der Waals surface area contributed by atoms with Gasteiger partial charge in [-0.15, -0.1) is 11.8 Å². The Labute approximate surface area is 192 Å². The van der Waals surface area contributed by atoms with Crippen LogP contribution in [-0.2, 0) is 5.75 Å². The molecule has 0 atom stereocenters. The number of hydrogen-bond acceptors (Lipinski definition) is 4. The van der Waals surface area contributed by atoms with E-state index < -0.39 is 0 Å². The molecule has 0 radical (unpaired) electrons. The summed E-state index contributed by atoms with van der Waals surface area (Å²) in [7, 11) is 1.68. The lowest BCUT2D eigenvalue weighted by atomic mass is 10.1. The summed E-state index contributed by atoms with van der Waals surface area (Å²) in [5.74, 6) is 1.81. The number of piperazine rings is 1. The number of ether oxygens (including phenoxy) is 1. The highest BCUT2D eigenvalue weighted by Gasteiger charge is 2.22. The maximum Gasteiger partial charge on any atom is 0.253 e. The molecule has 3 aromatic carbocycles. The van der Waals surface area contributed by atoms with E-state index in [9.17, 15) is 4.79 Å². The Morgan fingerprint density at radius 1 is 0.968 bits per heavy atom. The molecule has 1 aliphatic rings. The number of halogens is 1. The molecule has 0 bridgehead atoms. The Hall–Kier alpha value is -2.63. The zero-order valence-electron chi connectivity index (χ0n) is 17.5. The lowest BCUT2D eigenvalue weighted by Gasteiger charge is -2.36. The topological polar surface area (TPSA) is 32.8 Å². The normalized spacial score (nSPS) is 13.9. The molecule has 31 heavy (non-hydrogen) atoms. The predicted molar refractivity (Wildman–Crippen MR) is 129 cm³/mol. The van der Waals surface area contributed by atoms with Crippen molar-refractivity contribution >= 4 is 35.0 Å². The van der Waals surface area contributed by atoms with Crippen LogP contribution in [0.2, 0.25) is 5.02 Å². The molecule has 0 N–H and O–H groups in total. The predicted octanol–water partition coefficient (Wildman–Crippen LogP) is 5.60. The van der Waals surface area contributed by atoms with Gasteiger partial charge in [0.15, 0.2) is 0 Å². The van der Waals surface area contributed by atoms with Crippen molar-refractivity contribution in [2.75, 3.05) is 38.2 Å². The van der Waals surface area contributed by atoms with Gasteiger partial charge in [0.1, 0.15) is 5.75 Å². The fraction of sp³-hybridized carbons (Fsp3) is 0.240. The first kappa shape index (κ1) is 21.6. The molecule has 0 saturated carbocycles. The van der Waals surface area contributed by atoms with Crippen LogP contribution in [-0.4, -0.2) is 44.1 Å². The second-order valence-electron chi connectivity index (χ2n) is 7.42. The molecule has 1 aliphatic heterocycles. The molecule has 0 unspecified atom stereocenters. The van der Waals surface area contributed by atoms with Crippen molar-refractivity contribution < 1.29 is 9.53 Å². The summed E-state index contributed by atoms with van der Waals surface area (Å²) in [5, 5.41) is 0.747. The summed E-state index contributed by atoms with van der Waals surface area (Å²) >= 11 is 7.70. The summed E-state index contributed by atoms with van der Waals surface area (Å²) in [4.78, 5) is 18.3. The first-order valence-electron chi connectivity index (χ1n) is 10.3. The molecule has 4 nitrogen and oxygen atoms in total. The van der Waals surface area contributed by atoms with Crippen molar-refractivity contribution in [3.63, 3.8) is 0 Å². The van der Waals surface area contributed by atoms with Gasteiger partial charge < -0.3 is 14.5 Å². The van der Waals surface area contributed by atoms with Gasteiger partial charge in [-0.1, -0.05) is 29.8 Å². The number of thioether (sulfide) groups is 1. The molecule has 1 amide bonds. The van der Waals surface area contributed by atoms with Crippen LogP contribution in [0.25, 0.3) is 0 Å². The molecule has 0 aromatic heterocycles. The van der Waals surface area contributed by atoms with Crippen LogP contribution in [0, 0.1) is 0 Å². The third-order valence-electron chi connectivity index (χ3n) is 5.41. The SMILES string of the molecule is COc1cccc(N2CCN(C(=O)c3ccc(CSc4ccc(Cl)cc4)cc3)CC2)c1. The van der Waals surface area contributed by atoms with Gasteiger partial charge in [0.2, 0.25) is 0 Å². The van der Waals surface area contributed by atoms with Crippen molar-refractivity contribution in [3.05, 3.63) is 88.9 Å². The minimum absolute atomic E-state index is 0.0993. The van der Waals surface area contributed by atoms with Crippen molar-refractivity contribution in [1.29, 1.82) is 0 Å². The van der Waals surface area contributed by atoms with Crippen LogP contribution in [0.3, 0.4) is 0 Å². The van der Waals surface area contributed by atoms with Crippen molar-refractivity contribution in [2.24, 2.45) is 0 Å². The van der Waals surface area contributed by atoms with Crippen LogP contribution in [0.15, 0.2) is 77.7 Å². The number of benzene rings is 3. The Bertz CT molecular complexity index is 1020. The molecule has 160 valence electrons. The third-order valence-corrected chi connectivity index (χ3v) is 6.74. The van der Waals surface area contributed by atoms with Crippen LogP contribution >= 0.6 is 23.4 Å². The zero-order chi connectivity index (χ0) is 21.6. The van der Waals surface area contributed by atoms with Crippen LogP contribution in [0.5, 0.6) is 5.75 Å². The van der Waals surface area contributed by atoms with Crippen LogP contribution in [0.1, 0.15) is 15.9 Å². The van der Waals surface area contributed by atoms with E-state index in [1.807, 2.05) is 71.6 Å². The number of anilines is 1. The average Bonchev–Trinajstić information content (AvgIpc) is 2.84. The third kappa shape index (κ3) is 5.54. The molecule has 4 rings (SSSR count). The number of carbonyl (C=O) groups is 1. The first-order valence-corrected chi connectivity index (χ1v) is 11.6. The highest BCUT2D eigenvalue weighted by atomic mass is 35.5. The van der Waals surface area contributed by atoms with Gasteiger partial charge in [-0.3, -0.25) is 4.79 Å². The smallest absolute Gasteiger partial charge is 0.253 e. The second-order valence-corrected chi connectivity index (χ2v) is 8.91. The standard InChI is InChI=1S/C25H25ClN2O2S/c1-30-23-4-2-3-22(17-23)27-13-15-28(16-14-27)25(29)20-7-5-19(6-8-20)18-31-24-11-9-21(26)10-12-24/h2-12,17H,13-16,18H2,1H3. The minimum Gasteiger partial charge on any atom is -0.497 e. The first-order chi connectivity index (χ1) is 15.1. The van der Waals surface area contributed by atoms with Gasteiger partial charge in [0.05, 0.1) is 7.11 Å². The molecule has 1 saturated heterocycles. The highest BCUT2D eigenvalue weighted by Crippen LogP contribution is 2.25. The van der Waals surface area contributed by atoms with Crippen LogP contribution in [0.4, 0.5) is 5.69 Å². The van der Waals surface area contributed by atoms with Crippen molar-refractivity contribution in [1.82, 2.24) is 4.90 Å². The summed E-state index contributed by atoms with van der Waals surface area (Å²) in [6.45, 7) is 3.05. The molecule has 0 aliphatic carbocycles. The lowest BCUT2D eigenvalue weighted by molar-refractivity contribution is 0.0747. The largest absolute Gasteiger partial charge is 0.497 e. The maximum absolute atomic E-state index is 12.9. The van der Waals surface area contributed by atoms with E-state index in [-0.39, 0.29) is 5.91 Å². The van der Waals surface area contributed by atoms with E-state index in [4.69, 9.17) is 16.3 Å². The molecular weight excluding hydrogens is 428 g/mol. The number of hydrogen-bond donors (Lipinski definition) is 0. The number of nitrogens with zero attached hydrogens (tertiary/aromatic N) is 2. The quantitative estimate of drug-likeness (QED) is 0.455. The average molecular weight is 453 g/mol. The second kappa shape index (κ2) is 10.1. The summed E-state index contributed by atoms with van der Waals surface area (Å²) in [6, 6.07) is 23.9. The van der Waals surface area contributed by atoms with E-state index in [2.05, 4.69) is 11.0 Å². The number of rotatable bonds is 6. The van der Waals surface area contributed by atoms with Crippen LogP contribution < -0.4 is 9.64 Å². The molecule has 6 heteroatoms. The molecule has 3 aromatic rings. The van der Waals surface area contributed by atoms with Gasteiger partial charge in [0, 0.05) is 59.2 Å². The maximum atomic E-state index is 12.9. The Balaban J connectivity index is 1.31. The van der Waals surface area contributed by atoms with Crippen molar-refractivity contribution in [2.45, 2.75) is 10.6 Å². The summed E-state index contributed by atoms with van der Waals surface area (Å²) < 4.78 is 5.32. The number of carbonyl (C=O) groups excluding carboxylic acids is 1. The summed E-state index contributed by atoms with van der Waals surface area (Å²) in [5.41, 5.74) is 3.07. The zero-order valence-corrected chi connectivity index (χ0v) is 19.0. The van der Waals surface area contributed by atoms with E-state index >= 15 is 0 Å². The molecular formula is C25H25ClN2O2S. The van der Waals surface area contributed by atoms with Gasteiger partial charge in [-0.25, -0.2) is 0 Å². The minimum atomic E-state index is 0.0993. The Morgan fingerprint density at radius 2 is 1.68 bits per heavy atom. The van der Waals surface area contributed by atoms with Gasteiger partial charge in [0.25, 0.3) is 5.91 Å². The number of methoxy groups -OCH3 is 1. The molecule has 0 spiro atoms. The number of amides is 1. The van der Waals surface area contributed by atoms with E-state index in [0.29, 0.717) is 13.1 Å². The van der Waals surface area contributed by atoms with E-state index in [1.165, 1.54) is 10.5 Å². The lowest BCUT2D eigenvalue weighted by Crippen LogP contribution is -2.48.